The average Bonchev–Trinajstić information content (AvgIpc) is 2.11. The molecule has 0 bridgehead atoms. The van der Waals surface area contributed by atoms with Crippen LogP contribution in [0.4, 0.5) is 4.39 Å². The third-order valence-electron chi connectivity index (χ3n) is 2.23. The zero-order valence-corrected chi connectivity index (χ0v) is 8.91. The third kappa shape index (κ3) is 2.61. The van der Waals surface area contributed by atoms with Crippen molar-refractivity contribution in [1.82, 2.24) is 4.67 Å². The van der Waals surface area contributed by atoms with Gasteiger partial charge in [0.2, 0.25) is 5.67 Å². The molecule has 1 unspecified atom stereocenters. The normalized spacial score (nSPS) is 22.7. The maximum absolute atomic E-state index is 13.8. The fraction of sp³-hybridized carbons (Fsp3) is 0.875. The van der Waals surface area contributed by atoms with E-state index >= 15 is 0 Å². The minimum Gasteiger partial charge on any atom is -0.464 e. The molecule has 1 aliphatic heterocycles. The van der Waals surface area contributed by atoms with Crippen LogP contribution in [0.3, 0.4) is 0 Å². The van der Waals surface area contributed by atoms with Crippen molar-refractivity contribution in [2.75, 3.05) is 19.7 Å². The van der Waals surface area contributed by atoms with Crippen LogP contribution in [-0.4, -0.2) is 36.0 Å². The first kappa shape index (κ1) is 10.9. The molecule has 3 nitrogen and oxygen atoms in total. The van der Waals surface area contributed by atoms with Crippen LogP contribution in [0.25, 0.3) is 0 Å². The van der Waals surface area contributed by atoms with Gasteiger partial charge in [0.1, 0.15) is 0 Å². The number of carbonyl (C=O) groups excluding carboxylic acids is 1. The second-order valence-corrected chi connectivity index (χ2v) is 3.95. The molecular weight excluding hydrogens is 192 g/mol. The van der Waals surface area contributed by atoms with E-state index in [0.717, 1.165) is 0 Å². The molecule has 13 heavy (non-hydrogen) atoms. The number of halogens is 1. The molecule has 1 heterocycles. The molecule has 0 aromatic carbocycles. The van der Waals surface area contributed by atoms with Gasteiger partial charge in [0.15, 0.2) is 0 Å². The molecule has 1 fully saturated rings. The van der Waals surface area contributed by atoms with Gasteiger partial charge in [0.25, 0.3) is 0 Å². The highest BCUT2D eigenvalue weighted by molar-refractivity contribution is 7.13. The van der Waals surface area contributed by atoms with Crippen molar-refractivity contribution >= 4 is 15.4 Å². The zero-order valence-electron chi connectivity index (χ0n) is 7.75. The summed E-state index contributed by atoms with van der Waals surface area (Å²) in [5.41, 5.74) is -1.75. The lowest BCUT2D eigenvalue weighted by atomic mass is 9.95. The van der Waals surface area contributed by atoms with Crippen molar-refractivity contribution in [1.29, 1.82) is 0 Å². The van der Waals surface area contributed by atoms with Crippen molar-refractivity contribution in [2.45, 2.75) is 25.4 Å². The lowest BCUT2D eigenvalue weighted by Gasteiger charge is -2.32. The zero-order chi connectivity index (χ0) is 9.90. The SMILES string of the molecule is CCOC(=O)C1(F)CCN(P)CC1. The van der Waals surface area contributed by atoms with E-state index in [4.69, 9.17) is 0 Å². The Balaban J connectivity index is 2.51. The van der Waals surface area contributed by atoms with E-state index in [1.54, 1.807) is 6.92 Å². The predicted molar refractivity (Wildman–Crippen MR) is 51.0 cm³/mol. The van der Waals surface area contributed by atoms with Gasteiger partial charge in [-0.3, -0.25) is 4.67 Å². The van der Waals surface area contributed by atoms with Gasteiger partial charge in [-0.25, -0.2) is 9.18 Å². The first-order valence-electron chi connectivity index (χ1n) is 4.44. The van der Waals surface area contributed by atoms with E-state index < -0.39 is 11.6 Å². The summed E-state index contributed by atoms with van der Waals surface area (Å²) in [4.78, 5) is 11.2. The maximum atomic E-state index is 13.8. The van der Waals surface area contributed by atoms with Gasteiger partial charge in [-0.2, -0.15) is 0 Å². The number of esters is 1. The Morgan fingerprint density at radius 1 is 1.62 bits per heavy atom. The lowest BCUT2D eigenvalue weighted by Crippen LogP contribution is -2.44. The number of alkyl halides is 1. The number of nitrogens with zero attached hydrogens (tertiary/aromatic N) is 1. The fourth-order valence-electron chi connectivity index (χ4n) is 1.34. The molecule has 5 heteroatoms. The van der Waals surface area contributed by atoms with Crippen LogP contribution in [0.1, 0.15) is 19.8 Å². The van der Waals surface area contributed by atoms with Crippen molar-refractivity contribution in [2.24, 2.45) is 0 Å². The molecule has 76 valence electrons. The minimum atomic E-state index is -1.75. The number of piperidine rings is 1. The summed E-state index contributed by atoms with van der Waals surface area (Å²) in [7, 11) is 2.51. The Morgan fingerprint density at radius 2 is 2.15 bits per heavy atom. The smallest absolute Gasteiger partial charge is 0.343 e. The molecular formula is C8H15FNO2P. The van der Waals surface area contributed by atoms with E-state index in [1.807, 2.05) is 4.67 Å². The van der Waals surface area contributed by atoms with E-state index in [9.17, 15) is 9.18 Å². The summed E-state index contributed by atoms with van der Waals surface area (Å²) in [6.07, 6.45) is 0.463. The topological polar surface area (TPSA) is 29.5 Å². The van der Waals surface area contributed by atoms with Gasteiger partial charge in [-0.15, -0.1) is 0 Å². The monoisotopic (exact) mass is 207 g/mol. The van der Waals surface area contributed by atoms with Gasteiger partial charge in [-0.05, 0) is 6.92 Å². The number of rotatable bonds is 2. The number of hydrogen-bond donors (Lipinski definition) is 0. The van der Waals surface area contributed by atoms with E-state index in [0.29, 0.717) is 13.1 Å². The quantitative estimate of drug-likeness (QED) is 0.502. The lowest BCUT2D eigenvalue weighted by molar-refractivity contribution is -0.159. The highest BCUT2D eigenvalue weighted by Crippen LogP contribution is 2.29. The molecule has 1 saturated heterocycles. The van der Waals surface area contributed by atoms with Crippen molar-refractivity contribution in [3.05, 3.63) is 0 Å². The van der Waals surface area contributed by atoms with E-state index in [-0.39, 0.29) is 19.4 Å². The molecule has 0 amide bonds. The van der Waals surface area contributed by atoms with Crippen molar-refractivity contribution < 1.29 is 13.9 Å². The summed E-state index contributed by atoms with van der Waals surface area (Å²) in [5, 5.41) is 0. The summed E-state index contributed by atoms with van der Waals surface area (Å²) >= 11 is 0. The Morgan fingerprint density at radius 3 is 2.62 bits per heavy atom. The molecule has 0 aromatic rings. The minimum absolute atomic E-state index is 0.231. The molecule has 1 aliphatic rings. The van der Waals surface area contributed by atoms with E-state index in [1.165, 1.54) is 0 Å². The van der Waals surface area contributed by atoms with Crippen LogP contribution in [0.15, 0.2) is 0 Å². The maximum Gasteiger partial charge on any atom is 0.343 e. The standard InChI is InChI=1S/C8H15FNO2P/c1-2-12-7(11)8(9)3-5-10(13)6-4-8/h2-6,13H2,1H3. The number of carbonyl (C=O) groups is 1. The molecule has 0 spiro atoms. The van der Waals surface area contributed by atoms with Crippen LogP contribution >= 0.6 is 9.39 Å². The molecule has 0 radical (unpaired) electrons. The first-order valence-corrected chi connectivity index (χ1v) is 4.96. The second-order valence-electron chi connectivity index (χ2n) is 3.22. The van der Waals surface area contributed by atoms with Crippen LogP contribution in [0.5, 0.6) is 0 Å². The molecule has 0 aliphatic carbocycles. The Hall–Kier alpha value is -0.210. The highest BCUT2D eigenvalue weighted by Gasteiger charge is 2.42. The largest absolute Gasteiger partial charge is 0.464 e. The average molecular weight is 207 g/mol. The number of hydrogen-bond acceptors (Lipinski definition) is 3. The summed E-state index contributed by atoms with van der Waals surface area (Å²) in [6, 6.07) is 0. The molecule has 0 N–H and O–H groups in total. The van der Waals surface area contributed by atoms with Crippen molar-refractivity contribution in [3.8, 4) is 0 Å². The van der Waals surface area contributed by atoms with Crippen LogP contribution in [0, 0.1) is 0 Å². The van der Waals surface area contributed by atoms with Crippen LogP contribution in [-0.2, 0) is 9.53 Å². The summed E-state index contributed by atoms with van der Waals surface area (Å²) in [6.45, 7) is 3.10. The fourth-order valence-corrected chi connectivity index (χ4v) is 1.60. The third-order valence-corrected chi connectivity index (χ3v) is 2.75. The molecule has 0 aromatic heterocycles. The van der Waals surface area contributed by atoms with Gasteiger partial charge in [0, 0.05) is 25.9 Å². The predicted octanol–water partition coefficient (Wildman–Crippen LogP) is 1.14. The Bertz CT molecular complexity index is 193. The summed E-state index contributed by atoms with van der Waals surface area (Å²) in [5.74, 6) is -0.701. The second kappa shape index (κ2) is 4.34. The summed E-state index contributed by atoms with van der Waals surface area (Å²) < 4.78 is 20.4. The van der Waals surface area contributed by atoms with Crippen LogP contribution < -0.4 is 0 Å². The molecule has 0 saturated carbocycles. The Labute approximate surface area is 79.9 Å². The van der Waals surface area contributed by atoms with Gasteiger partial charge in [-0.1, -0.05) is 9.39 Å². The first-order chi connectivity index (χ1) is 6.08. The Kier molecular flexibility index (Phi) is 3.63. The van der Waals surface area contributed by atoms with Gasteiger partial charge >= 0.3 is 5.97 Å². The number of ether oxygens (including phenoxy) is 1. The molecule has 1 atom stereocenters. The van der Waals surface area contributed by atoms with Crippen LogP contribution in [0.2, 0.25) is 0 Å². The van der Waals surface area contributed by atoms with Gasteiger partial charge in [0.05, 0.1) is 6.61 Å². The van der Waals surface area contributed by atoms with E-state index in [2.05, 4.69) is 14.1 Å². The molecule has 1 rings (SSSR count). The highest BCUT2D eigenvalue weighted by atomic mass is 31.0. The van der Waals surface area contributed by atoms with Crippen molar-refractivity contribution in [3.63, 3.8) is 0 Å². The van der Waals surface area contributed by atoms with Gasteiger partial charge < -0.3 is 4.74 Å².